The Labute approximate surface area is 131 Å². The van der Waals surface area contributed by atoms with Gasteiger partial charge >= 0.3 is 0 Å². The van der Waals surface area contributed by atoms with E-state index in [9.17, 15) is 4.79 Å². The monoisotopic (exact) mass is 344 g/mol. The number of rotatable bonds is 3. The molecule has 2 aromatic rings. The summed E-state index contributed by atoms with van der Waals surface area (Å²) in [4.78, 5) is 12.2. The standard InChI is InChI=1S/C17H13BrO3/c1-11-4-2-3-5-13(11)15(19)7-6-12-8-16-17(9-14(12)18)21-10-20-16/h2-9H,10H2,1H3/b7-6+. The van der Waals surface area contributed by atoms with Gasteiger partial charge in [-0.1, -0.05) is 40.2 Å². The number of hydrogen-bond donors (Lipinski definition) is 0. The molecule has 2 aromatic carbocycles. The van der Waals surface area contributed by atoms with Crippen LogP contribution >= 0.6 is 15.9 Å². The minimum Gasteiger partial charge on any atom is -0.454 e. The molecule has 0 aromatic heterocycles. The number of ether oxygens (including phenoxy) is 2. The summed E-state index contributed by atoms with van der Waals surface area (Å²) < 4.78 is 11.5. The lowest BCUT2D eigenvalue weighted by atomic mass is 10.0. The first kappa shape index (κ1) is 13.9. The van der Waals surface area contributed by atoms with Crippen LogP contribution in [0.5, 0.6) is 11.5 Å². The van der Waals surface area contributed by atoms with E-state index in [4.69, 9.17) is 9.47 Å². The molecule has 0 aliphatic carbocycles. The van der Waals surface area contributed by atoms with Gasteiger partial charge in [0.25, 0.3) is 0 Å². The van der Waals surface area contributed by atoms with Crippen LogP contribution < -0.4 is 9.47 Å². The van der Waals surface area contributed by atoms with Gasteiger partial charge in [0.05, 0.1) is 0 Å². The van der Waals surface area contributed by atoms with E-state index in [-0.39, 0.29) is 12.6 Å². The van der Waals surface area contributed by atoms with E-state index >= 15 is 0 Å². The Hall–Kier alpha value is -2.07. The van der Waals surface area contributed by atoms with Crippen LogP contribution in [-0.2, 0) is 0 Å². The first-order chi connectivity index (χ1) is 10.1. The molecule has 0 spiro atoms. The Morgan fingerprint density at radius 2 is 1.90 bits per heavy atom. The van der Waals surface area contributed by atoms with Crippen LogP contribution in [0.15, 0.2) is 46.9 Å². The fourth-order valence-corrected chi connectivity index (χ4v) is 2.62. The summed E-state index contributed by atoms with van der Waals surface area (Å²) >= 11 is 3.47. The number of hydrogen-bond acceptors (Lipinski definition) is 3. The Bertz CT molecular complexity index is 735. The Morgan fingerprint density at radius 1 is 1.19 bits per heavy atom. The van der Waals surface area contributed by atoms with Gasteiger partial charge in [0, 0.05) is 10.0 Å². The molecule has 0 N–H and O–H groups in total. The molecule has 3 rings (SSSR count). The molecule has 1 heterocycles. The van der Waals surface area contributed by atoms with Crippen LogP contribution in [0.1, 0.15) is 21.5 Å². The van der Waals surface area contributed by atoms with Gasteiger partial charge in [-0.05, 0) is 42.3 Å². The third-order valence-corrected chi connectivity index (χ3v) is 4.00. The molecule has 4 heteroatoms. The average molecular weight is 345 g/mol. The van der Waals surface area contributed by atoms with E-state index in [1.807, 2.05) is 43.3 Å². The summed E-state index contributed by atoms with van der Waals surface area (Å²) in [5, 5.41) is 0. The van der Waals surface area contributed by atoms with Crippen LogP contribution in [0.2, 0.25) is 0 Å². The van der Waals surface area contributed by atoms with Crippen molar-refractivity contribution < 1.29 is 14.3 Å². The third kappa shape index (κ3) is 2.85. The number of halogens is 1. The number of ketones is 1. The number of carbonyl (C=O) groups is 1. The van der Waals surface area contributed by atoms with Crippen LogP contribution in [0.4, 0.5) is 0 Å². The largest absolute Gasteiger partial charge is 0.454 e. The number of benzene rings is 2. The number of aryl methyl sites for hydroxylation is 1. The third-order valence-electron chi connectivity index (χ3n) is 3.32. The van der Waals surface area contributed by atoms with Gasteiger partial charge in [-0.25, -0.2) is 0 Å². The second-order valence-corrected chi connectivity index (χ2v) is 5.59. The van der Waals surface area contributed by atoms with E-state index in [0.717, 1.165) is 15.6 Å². The number of fused-ring (bicyclic) bond motifs is 1. The smallest absolute Gasteiger partial charge is 0.231 e. The maximum absolute atomic E-state index is 12.2. The highest BCUT2D eigenvalue weighted by Gasteiger charge is 2.15. The van der Waals surface area contributed by atoms with E-state index in [2.05, 4.69) is 15.9 Å². The van der Waals surface area contributed by atoms with Gasteiger partial charge in [-0.3, -0.25) is 4.79 Å². The van der Waals surface area contributed by atoms with Crippen LogP contribution in [0.25, 0.3) is 6.08 Å². The molecule has 0 fully saturated rings. The van der Waals surface area contributed by atoms with Crippen LogP contribution in [-0.4, -0.2) is 12.6 Å². The lowest BCUT2D eigenvalue weighted by Crippen LogP contribution is -1.97. The highest BCUT2D eigenvalue weighted by atomic mass is 79.9. The predicted molar refractivity (Wildman–Crippen MR) is 84.8 cm³/mol. The molecule has 0 saturated carbocycles. The summed E-state index contributed by atoms with van der Waals surface area (Å²) in [5.41, 5.74) is 2.56. The van der Waals surface area contributed by atoms with Crippen molar-refractivity contribution in [1.29, 1.82) is 0 Å². The first-order valence-corrected chi connectivity index (χ1v) is 7.31. The molecule has 106 valence electrons. The fraction of sp³-hybridized carbons (Fsp3) is 0.118. The molecule has 0 bridgehead atoms. The van der Waals surface area contributed by atoms with Crippen molar-refractivity contribution in [2.24, 2.45) is 0 Å². The summed E-state index contributed by atoms with van der Waals surface area (Å²) in [6.07, 6.45) is 3.35. The minimum absolute atomic E-state index is 0.0160. The molecule has 0 amide bonds. The highest BCUT2D eigenvalue weighted by Crippen LogP contribution is 2.37. The van der Waals surface area contributed by atoms with E-state index < -0.39 is 0 Å². The van der Waals surface area contributed by atoms with Gasteiger partial charge in [-0.15, -0.1) is 0 Å². The topological polar surface area (TPSA) is 35.5 Å². The summed E-state index contributed by atoms with van der Waals surface area (Å²) in [5.74, 6) is 1.39. The maximum atomic E-state index is 12.2. The van der Waals surface area contributed by atoms with Crippen molar-refractivity contribution in [1.82, 2.24) is 0 Å². The zero-order chi connectivity index (χ0) is 14.8. The van der Waals surface area contributed by atoms with E-state index in [0.29, 0.717) is 17.1 Å². The lowest BCUT2D eigenvalue weighted by molar-refractivity contribution is 0.104. The minimum atomic E-state index is -0.0160. The molecule has 1 aliphatic rings. The molecule has 0 unspecified atom stereocenters. The normalized spacial score (nSPS) is 12.9. The Kier molecular flexibility index (Phi) is 3.80. The molecule has 1 aliphatic heterocycles. The quantitative estimate of drug-likeness (QED) is 0.612. The van der Waals surface area contributed by atoms with Gasteiger partial charge in [0.15, 0.2) is 17.3 Å². The van der Waals surface area contributed by atoms with Gasteiger partial charge in [-0.2, -0.15) is 0 Å². The van der Waals surface area contributed by atoms with Crippen LogP contribution in [0.3, 0.4) is 0 Å². The zero-order valence-electron chi connectivity index (χ0n) is 11.4. The van der Waals surface area contributed by atoms with Crippen molar-refractivity contribution in [3.8, 4) is 11.5 Å². The number of carbonyl (C=O) groups excluding carboxylic acids is 1. The van der Waals surface area contributed by atoms with Gasteiger partial charge in [0.2, 0.25) is 6.79 Å². The van der Waals surface area contributed by atoms with Crippen molar-refractivity contribution in [3.05, 3.63) is 63.6 Å². The van der Waals surface area contributed by atoms with Crippen molar-refractivity contribution in [3.63, 3.8) is 0 Å². The summed E-state index contributed by atoms with van der Waals surface area (Å²) in [6.45, 7) is 2.16. The van der Waals surface area contributed by atoms with Crippen molar-refractivity contribution in [2.45, 2.75) is 6.92 Å². The fourth-order valence-electron chi connectivity index (χ4n) is 2.17. The zero-order valence-corrected chi connectivity index (χ0v) is 13.0. The molecule has 0 radical (unpaired) electrons. The highest BCUT2D eigenvalue weighted by molar-refractivity contribution is 9.10. The predicted octanol–water partition coefficient (Wildman–Crippen LogP) is 4.38. The van der Waals surface area contributed by atoms with Crippen molar-refractivity contribution >= 4 is 27.8 Å². The molecular weight excluding hydrogens is 332 g/mol. The molecule has 21 heavy (non-hydrogen) atoms. The van der Waals surface area contributed by atoms with E-state index in [1.54, 1.807) is 12.2 Å². The summed E-state index contributed by atoms with van der Waals surface area (Å²) in [7, 11) is 0. The molecule has 0 atom stereocenters. The van der Waals surface area contributed by atoms with Crippen LogP contribution in [0, 0.1) is 6.92 Å². The average Bonchev–Trinajstić information content (AvgIpc) is 2.92. The SMILES string of the molecule is Cc1ccccc1C(=O)/C=C/c1cc2c(cc1Br)OCO2. The maximum Gasteiger partial charge on any atom is 0.231 e. The number of allylic oxidation sites excluding steroid dienone is 1. The summed E-state index contributed by atoms with van der Waals surface area (Å²) in [6, 6.07) is 11.2. The Morgan fingerprint density at radius 3 is 2.67 bits per heavy atom. The Balaban J connectivity index is 1.87. The lowest BCUT2D eigenvalue weighted by Gasteiger charge is -2.03. The van der Waals surface area contributed by atoms with Gasteiger partial charge in [0.1, 0.15) is 0 Å². The molecular formula is C17H13BrO3. The molecule has 0 saturated heterocycles. The second-order valence-electron chi connectivity index (χ2n) is 4.74. The van der Waals surface area contributed by atoms with E-state index in [1.165, 1.54) is 0 Å². The van der Waals surface area contributed by atoms with Gasteiger partial charge < -0.3 is 9.47 Å². The second kappa shape index (κ2) is 5.74. The molecule has 3 nitrogen and oxygen atoms in total. The first-order valence-electron chi connectivity index (χ1n) is 6.52. The van der Waals surface area contributed by atoms with Crippen molar-refractivity contribution in [2.75, 3.05) is 6.79 Å².